The van der Waals surface area contributed by atoms with E-state index in [0.29, 0.717) is 19.7 Å². The third kappa shape index (κ3) is 7.20. The highest BCUT2D eigenvalue weighted by Crippen LogP contribution is 2.22. The lowest BCUT2D eigenvalue weighted by Crippen LogP contribution is -2.36. The summed E-state index contributed by atoms with van der Waals surface area (Å²) in [6.45, 7) is 4.75. The molecule has 176 valence electrons. The summed E-state index contributed by atoms with van der Waals surface area (Å²) in [7, 11) is 1.77. The van der Waals surface area contributed by atoms with Crippen molar-refractivity contribution < 1.29 is 9.47 Å². The Morgan fingerprint density at radius 2 is 2.00 bits per heavy atom. The number of hydrogen-bond acceptors (Lipinski definition) is 4. The molecule has 0 spiro atoms. The maximum atomic E-state index is 6.11. The van der Waals surface area contributed by atoms with Crippen molar-refractivity contribution in [2.24, 2.45) is 4.99 Å². The number of halogens is 1. The number of nitrogens with one attached hydrogen (secondary N) is 2. The van der Waals surface area contributed by atoms with Gasteiger partial charge in [-0.3, -0.25) is 4.99 Å². The first-order valence-corrected chi connectivity index (χ1v) is 11.1. The Balaban J connectivity index is 0.00000306. The van der Waals surface area contributed by atoms with E-state index >= 15 is 0 Å². The standard InChI is InChI=1S/C25H31N5O2.HI/c1-19-10-11-21(24(13-19)32-18-23-9-6-12-31-23)16-28-25(26-2)27-14-20-15-29-30(17-20)22-7-4-3-5-8-22;/h3-5,7-8,10-11,13,15,17,23H,6,9,12,14,16,18H2,1-2H3,(H2,26,27,28);1H. The summed E-state index contributed by atoms with van der Waals surface area (Å²) in [5, 5.41) is 11.2. The number of ether oxygens (including phenoxy) is 2. The monoisotopic (exact) mass is 561 g/mol. The zero-order chi connectivity index (χ0) is 22.2. The molecule has 1 aliphatic rings. The maximum Gasteiger partial charge on any atom is 0.191 e. The van der Waals surface area contributed by atoms with Crippen molar-refractivity contribution in [3.63, 3.8) is 0 Å². The average molecular weight is 561 g/mol. The fourth-order valence-electron chi connectivity index (χ4n) is 3.66. The van der Waals surface area contributed by atoms with Crippen LogP contribution in [0.1, 0.15) is 29.5 Å². The van der Waals surface area contributed by atoms with Crippen LogP contribution in [0.5, 0.6) is 5.75 Å². The largest absolute Gasteiger partial charge is 0.491 e. The molecule has 1 fully saturated rings. The van der Waals surface area contributed by atoms with Crippen molar-refractivity contribution in [1.82, 2.24) is 20.4 Å². The van der Waals surface area contributed by atoms with Gasteiger partial charge in [-0.1, -0.05) is 30.3 Å². The van der Waals surface area contributed by atoms with Crippen LogP contribution in [-0.4, -0.2) is 42.1 Å². The second kappa shape index (κ2) is 12.6. The summed E-state index contributed by atoms with van der Waals surface area (Å²) in [5.41, 5.74) is 4.38. The average Bonchev–Trinajstić information content (AvgIpc) is 3.52. The quantitative estimate of drug-likeness (QED) is 0.245. The van der Waals surface area contributed by atoms with Gasteiger partial charge in [0.15, 0.2) is 5.96 Å². The Hall–Kier alpha value is -2.59. The van der Waals surface area contributed by atoms with E-state index in [-0.39, 0.29) is 30.1 Å². The predicted octanol–water partition coefficient (Wildman–Crippen LogP) is 4.22. The van der Waals surface area contributed by atoms with Crippen molar-refractivity contribution in [2.45, 2.75) is 39.0 Å². The summed E-state index contributed by atoms with van der Waals surface area (Å²) in [6.07, 6.45) is 6.26. The SMILES string of the molecule is CN=C(NCc1cnn(-c2ccccc2)c1)NCc1ccc(C)cc1OCC1CCCO1.I. The molecule has 0 saturated carbocycles. The van der Waals surface area contributed by atoms with Crippen LogP contribution < -0.4 is 15.4 Å². The molecule has 8 heteroatoms. The summed E-state index contributed by atoms with van der Waals surface area (Å²) in [6, 6.07) is 16.4. The van der Waals surface area contributed by atoms with Gasteiger partial charge in [-0.15, -0.1) is 24.0 Å². The fourth-order valence-corrected chi connectivity index (χ4v) is 3.66. The lowest BCUT2D eigenvalue weighted by molar-refractivity contribution is 0.0676. The van der Waals surface area contributed by atoms with E-state index in [1.807, 2.05) is 47.4 Å². The van der Waals surface area contributed by atoms with Crippen molar-refractivity contribution in [1.29, 1.82) is 0 Å². The van der Waals surface area contributed by atoms with E-state index in [2.05, 4.69) is 45.8 Å². The van der Waals surface area contributed by atoms with Crippen LogP contribution in [0.15, 0.2) is 65.9 Å². The summed E-state index contributed by atoms with van der Waals surface area (Å²) >= 11 is 0. The molecule has 2 heterocycles. The maximum absolute atomic E-state index is 6.11. The predicted molar refractivity (Wildman–Crippen MR) is 142 cm³/mol. The Bertz CT molecular complexity index is 1030. The Kier molecular flexibility index (Phi) is 9.56. The summed E-state index contributed by atoms with van der Waals surface area (Å²) in [5.74, 6) is 1.62. The van der Waals surface area contributed by atoms with Gasteiger partial charge in [0.2, 0.25) is 0 Å². The first-order chi connectivity index (χ1) is 15.7. The molecule has 33 heavy (non-hydrogen) atoms. The topological polar surface area (TPSA) is 72.7 Å². The molecule has 1 aromatic heterocycles. The smallest absolute Gasteiger partial charge is 0.191 e. The Labute approximate surface area is 212 Å². The molecule has 1 unspecified atom stereocenters. The van der Waals surface area contributed by atoms with Gasteiger partial charge in [0.05, 0.1) is 18.0 Å². The van der Waals surface area contributed by atoms with E-state index < -0.39 is 0 Å². The van der Waals surface area contributed by atoms with Crippen molar-refractivity contribution in [3.8, 4) is 11.4 Å². The van der Waals surface area contributed by atoms with Crippen molar-refractivity contribution in [3.05, 3.63) is 77.6 Å². The minimum Gasteiger partial charge on any atom is -0.491 e. The highest BCUT2D eigenvalue weighted by molar-refractivity contribution is 14.0. The molecular formula is C25H32IN5O2. The van der Waals surface area contributed by atoms with Gasteiger partial charge < -0.3 is 20.1 Å². The van der Waals surface area contributed by atoms with Crippen LogP contribution in [0, 0.1) is 6.92 Å². The number of hydrogen-bond donors (Lipinski definition) is 2. The van der Waals surface area contributed by atoms with Gasteiger partial charge in [0.25, 0.3) is 0 Å². The molecular weight excluding hydrogens is 529 g/mol. The number of nitrogens with zero attached hydrogens (tertiary/aromatic N) is 3. The van der Waals surface area contributed by atoms with Crippen molar-refractivity contribution in [2.75, 3.05) is 20.3 Å². The minimum atomic E-state index is 0. The zero-order valence-electron chi connectivity index (χ0n) is 19.2. The van der Waals surface area contributed by atoms with Crippen LogP contribution in [-0.2, 0) is 17.8 Å². The Morgan fingerprint density at radius 3 is 2.76 bits per heavy atom. The Morgan fingerprint density at radius 1 is 1.18 bits per heavy atom. The van der Waals surface area contributed by atoms with E-state index in [9.17, 15) is 0 Å². The number of aromatic nitrogens is 2. The van der Waals surface area contributed by atoms with Crippen LogP contribution in [0.2, 0.25) is 0 Å². The number of aryl methyl sites for hydroxylation is 1. The molecule has 0 radical (unpaired) electrons. The first kappa shape index (κ1) is 25.0. The number of guanidine groups is 1. The van der Waals surface area contributed by atoms with Gasteiger partial charge in [-0.25, -0.2) is 4.68 Å². The van der Waals surface area contributed by atoms with Gasteiger partial charge in [-0.05, 0) is 43.5 Å². The molecule has 1 atom stereocenters. The van der Waals surface area contributed by atoms with E-state index in [4.69, 9.17) is 9.47 Å². The number of rotatable bonds is 8. The molecule has 2 N–H and O–H groups in total. The molecule has 2 aromatic carbocycles. The third-order valence-electron chi connectivity index (χ3n) is 5.46. The molecule has 4 rings (SSSR count). The molecule has 0 aliphatic carbocycles. The first-order valence-electron chi connectivity index (χ1n) is 11.1. The second-order valence-corrected chi connectivity index (χ2v) is 7.97. The number of benzene rings is 2. The molecule has 1 saturated heterocycles. The van der Waals surface area contributed by atoms with Gasteiger partial charge in [-0.2, -0.15) is 5.10 Å². The second-order valence-electron chi connectivity index (χ2n) is 7.97. The molecule has 3 aromatic rings. The van der Waals surface area contributed by atoms with Crippen LogP contribution >= 0.6 is 24.0 Å². The number of para-hydroxylation sites is 1. The minimum absolute atomic E-state index is 0. The summed E-state index contributed by atoms with van der Waals surface area (Å²) in [4.78, 5) is 4.35. The molecule has 7 nitrogen and oxygen atoms in total. The lowest BCUT2D eigenvalue weighted by atomic mass is 10.1. The normalized spacial score (nSPS) is 15.7. The number of aliphatic imine (C=N–C) groups is 1. The van der Waals surface area contributed by atoms with Crippen LogP contribution in [0.25, 0.3) is 5.69 Å². The molecule has 0 bridgehead atoms. The highest BCUT2D eigenvalue weighted by atomic mass is 127. The van der Waals surface area contributed by atoms with Gasteiger partial charge in [0, 0.05) is 44.1 Å². The van der Waals surface area contributed by atoms with E-state index in [1.54, 1.807) is 7.05 Å². The molecule has 1 aliphatic heterocycles. The third-order valence-corrected chi connectivity index (χ3v) is 5.46. The van der Waals surface area contributed by atoms with Crippen LogP contribution in [0.4, 0.5) is 0 Å². The molecule has 0 amide bonds. The summed E-state index contributed by atoms with van der Waals surface area (Å²) < 4.78 is 13.7. The van der Waals surface area contributed by atoms with E-state index in [1.165, 1.54) is 5.56 Å². The van der Waals surface area contributed by atoms with Crippen molar-refractivity contribution >= 4 is 29.9 Å². The van der Waals surface area contributed by atoms with E-state index in [0.717, 1.165) is 48.0 Å². The van der Waals surface area contributed by atoms with Gasteiger partial charge >= 0.3 is 0 Å². The van der Waals surface area contributed by atoms with Crippen LogP contribution in [0.3, 0.4) is 0 Å². The lowest BCUT2D eigenvalue weighted by Gasteiger charge is -2.17. The fraction of sp³-hybridized carbons (Fsp3) is 0.360. The van der Waals surface area contributed by atoms with Gasteiger partial charge in [0.1, 0.15) is 12.4 Å². The zero-order valence-corrected chi connectivity index (χ0v) is 21.5. The highest BCUT2D eigenvalue weighted by Gasteiger charge is 2.17.